The van der Waals surface area contributed by atoms with Crippen LogP contribution in [0.15, 0.2) is 58.7 Å². The molecule has 0 aliphatic carbocycles. The number of nitrogens with zero attached hydrogens (tertiary/aromatic N) is 5. The minimum absolute atomic E-state index is 0.244. The Morgan fingerprint density at radius 1 is 0.788 bits per heavy atom. The number of aryl methyl sites for hydroxylation is 1. The van der Waals surface area contributed by atoms with Crippen molar-refractivity contribution in [2.24, 2.45) is 10.2 Å². The number of anilines is 2. The Balaban J connectivity index is 1.65. The van der Waals surface area contributed by atoms with Gasteiger partial charge in [0.15, 0.2) is 5.82 Å². The van der Waals surface area contributed by atoms with Crippen LogP contribution in [0.5, 0.6) is 11.5 Å². The molecule has 0 bridgehead atoms. The van der Waals surface area contributed by atoms with Crippen molar-refractivity contribution in [1.82, 2.24) is 15.2 Å². The smallest absolute Gasteiger partial charge is 0.265 e. The van der Waals surface area contributed by atoms with E-state index in [0.29, 0.717) is 24.7 Å². The fourth-order valence-electron chi connectivity index (χ4n) is 2.72. The normalized spacial score (nSPS) is 11.1. The molecule has 9 nitrogen and oxygen atoms in total. The van der Waals surface area contributed by atoms with Crippen LogP contribution in [-0.2, 0) is 0 Å². The van der Waals surface area contributed by atoms with Gasteiger partial charge in [-0.2, -0.15) is 15.2 Å². The van der Waals surface area contributed by atoms with E-state index in [0.717, 1.165) is 35.5 Å². The zero-order valence-corrected chi connectivity index (χ0v) is 19.2. The lowest BCUT2D eigenvalue weighted by atomic mass is 10.2. The highest BCUT2D eigenvalue weighted by Gasteiger charge is 2.05. The van der Waals surface area contributed by atoms with Gasteiger partial charge in [0.05, 0.1) is 25.6 Å². The Bertz CT molecular complexity index is 1090. The first-order valence-corrected chi connectivity index (χ1v) is 10.9. The largest absolute Gasteiger partial charge is 0.493 e. The van der Waals surface area contributed by atoms with Crippen LogP contribution in [0.1, 0.15) is 43.5 Å². The molecule has 0 spiro atoms. The molecule has 0 radical (unpaired) electrons. The minimum atomic E-state index is 0.244. The molecule has 172 valence electrons. The van der Waals surface area contributed by atoms with Gasteiger partial charge in [0, 0.05) is 11.1 Å². The Morgan fingerprint density at radius 3 is 1.91 bits per heavy atom. The van der Waals surface area contributed by atoms with Gasteiger partial charge in [-0.15, -0.1) is 10.2 Å². The van der Waals surface area contributed by atoms with Crippen LogP contribution in [0.4, 0.5) is 11.8 Å². The summed E-state index contributed by atoms with van der Waals surface area (Å²) < 4.78 is 11.5. The standard InChI is InChI=1S/C24H29N7O2/c1-4-14-32-21-12-8-6-10-19(21)16-25-29-23-18(3)28-31-24(27-23)30-26-17-20-11-7-9-13-22(20)33-15-5-2/h6-13,16-17H,4-5,14-15H2,1-3H3,(H2,27,29,30,31)/b25-16+,26-17+. The van der Waals surface area contributed by atoms with Gasteiger partial charge in [-0.1, -0.05) is 38.1 Å². The van der Waals surface area contributed by atoms with Gasteiger partial charge >= 0.3 is 0 Å². The van der Waals surface area contributed by atoms with E-state index in [1.54, 1.807) is 19.4 Å². The summed E-state index contributed by atoms with van der Waals surface area (Å²) in [5.41, 5.74) is 8.04. The van der Waals surface area contributed by atoms with Crippen molar-refractivity contribution in [3.8, 4) is 11.5 Å². The van der Waals surface area contributed by atoms with E-state index in [-0.39, 0.29) is 5.95 Å². The van der Waals surface area contributed by atoms with Crippen LogP contribution in [0.25, 0.3) is 0 Å². The summed E-state index contributed by atoms with van der Waals surface area (Å²) in [6.07, 6.45) is 5.21. The van der Waals surface area contributed by atoms with Crippen molar-refractivity contribution in [3.05, 3.63) is 65.4 Å². The number of rotatable bonds is 12. The maximum atomic E-state index is 5.75. The second-order valence-corrected chi connectivity index (χ2v) is 7.08. The Kier molecular flexibility index (Phi) is 9.14. The molecule has 0 saturated carbocycles. The first-order valence-electron chi connectivity index (χ1n) is 10.9. The molecule has 1 heterocycles. The van der Waals surface area contributed by atoms with Gasteiger partial charge in [0.25, 0.3) is 5.95 Å². The quantitative estimate of drug-likeness (QED) is 0.307. The van der Waals surface area contributed by atoms with Crippen LogP contribution < -0.4 is 20.3 Å². The number of benzene rings is 2. The lowest BCUT2D eigenvalue weighted by molar-refractivity contribution is 0.317. The Hall–Kier alpha value is -4.01. The molecule has 0 atom stereocenters. The zero-order valence-electron chi connectivity index (χ0n) is 19.2. The summed E-state index contributed by atoms with van der Waals surface area (Å²) in [6.45, 7) is 7.23. The van der Waals surface area contributed by atoms with Crippen LogP contribution in [0, 0.1) is 6.92 Å². The molecule has 33 heavy (non-hydrogen) atoms. The summed E-state index contributed by atoms with van der Waals surface area (Å²) in [5, 5.41) is 16.6. The molecule has 0 aliphatic rings. The highest BCUT2D eigenvalue weighted by molar-refractivity contribution is 5.84. The van der Waals surface area contributed by atoms with Gasteiger partial charge in [0.1, 0.15) is 17.2 Å². The lowest BCUT2D eigenvalue weighted by Gasteiger charge is -2.08. The van der Waals surface area contributed by atoms with E-state index >= 15 is 0 Å². The second-order valence-electron chi connectivity index (χ2n) is 7.08. The lowest BCUT2D eigenvalue weighted by Crippen LogP contribution is -2.06. The number of para-hydroxylation sites is 2. The SMILES string of the molecule is CCCOc1ccccc1/C=N/Nc1nnc(C)c(N/N=C/c2ccccc2OCCC)n1. The number of hydrazone groups is 2. The number of aromatic nitrogens is 3. The number of hydrogen-bond donors (Lipinski definition) is 2. The van der Waals surface area contributed by atoms with Gasteiger partial charge < -0.3 is 9.47 Å². The van der Waals surface area contributed by atoms with E-state index < -0.39 is 0 Å². The van der Waals surface area contributed by atoms with Crippen LogP contribution in [-0.4, -0.2) is 40.8 Å². The molecule has 0 fully saturated rings. The molecule has 0 amide bonds. The molecule has 9 heteroatoms. The van der Waals surface area contributed by atoms with E-state index in [2.05, 4.69) is 50.1 Å². The Labute approximate surface area is 194 Å². The van der Waals surface area contributed by atoms with Crippen LogP contribution >= 0.6 is 0 Å². The molecule has 3 rings (SSSR count). The summed E-state index contributed by atoms with van der Waals surface area (Å²) in [5.74, 6) is 2.26. The fourth-order valence-corrected chi connectivity index (χ4v) is 2.72. The van der Waals surface area contributed by atoms with Crippen LogP contribution in [0.3, 0.4) is 0 Å². The Morgan fingerprint density at radius 2 is 1.33 bits per heavy atom. The van der Waals surface area contributed by atoms with E-state index in [4.69, 9.17) is 9.47 Å². The average Bonchev–Trinajstić information content (AvgIpc) is 2.84. The molecule has 0 unspecified atom stereocenters. The maximum absolute atomic E-state index is 5.75. The molecule has 2 N–H and O–H groups in total. The number of nitrogens with one attached hydrogen (secondary N) is 2. The highest BCUT2D eigenvalue weighted by atomic mass is 16.5. The molecular formula is C24H29N7O2. The van der Waals surface area contributed by atoms with Gasteiger partial charge in [-0.25, -0.2) is 5.43 Å². The molecular weight excluding hydrogens is 418 g/mol. The van der Waals surface area contributed by atoms with Crippen molar-refractivity contribution < 1.29 is 9.47 Å². The van der Waals surface area contributed by atoms with Gasteiger partial charge in [-0.05, 0) is 44.0 Å². The number of ether oxygens (including phenoxy) is 2. The van der Waals surface area contributed by atoms with Gasteiger partial charge in [-0.3, -0.25) is 5.43 Å². The van der Waals surface area contributed by atoms with Crippen molar-refractivity contribution in [3.63, 3.8) is 0 Å². The zero-order chi connectivity index (χ0) is 23.3. The summed E-state index contributed by atoms with van der Waals surface area (Å²) in [6, 6.07) is 15.4. The molecule has 3 aromatic rings. The monoisotopic (exact) mass is 447 g/mol. The second kappa shape index (κ2) is 12.7. The molecule has 0 aliphatic heterocycles. The number of hydrogen-bond acceptors (Lipinski definition) is 9. The minimum Gasteiger partial charge on any atom is -0.493 e. The molecule has 2 aromatic carbocycles. The average molecular weight is 448 g/mol. The third kappa shape index (κ3) is 7.27. The first-order chi connectivity index (χ1) is 16.2. The van der Waals surface area contributed by atoms with Crippen molar-refractivity contribution >= 4 is 24.2 Å². The highest BCUT2D eigenvalue weighted by Crippen LogP contribution is 2.17. The fraction of sp³-hybridized carbons (Fsp3) is 0.292. The molecule has 1 aromatic heterocycles. The molecule has 0 saturated heterocycles. The predicted octanol–water partition coefficient (Wildman–Crippen LogP) is 4.65. The predicted molar refractivity (Wildman–Crippen MR) is 131 cm³/mol. The van der Waals surface area contributed by atoms with Crippen LogP contribution in [0.2, 0.25) is 0 Å². The van der Waals surface area contributed by atoms with Crippen molar-refractivity contribution in [1.29, 1.82) is 0 Å². The van der Waals surface area contributed by atoms with E-state index in [1.807, 2.05) is 48.5 Å². The third-order valence-corrected chi connectivity index (χ3v) is 4.36. The third-order valence-electron chi connectivity index (χ3n) is 4.36. The van der Waals surface area contributed by atoms with E-state index in [1.165, 1.54) is 0 Å². The van der Waals surface area contributed by atoms with Crippen molar-refractivity contribution in [2.75, 3.05) is 24.1 Å². The summed E-state index contributed by atoms with van der Waals surface area (Å²) >= 11 is 0. The first kappa shape index (κ1) is 23.6. The summed E-state index contributed by atoms with van der Waals surface area (Å²) in [7, 11) is 0. The topological polar surface area (TPSA) is 106 Å². The van der Waals surface area contributed by atoms with E-state index in [9.17, 15) is 0 Å². The maximum Gasteiger partial charge on any atom is 0.265 e. The van der Waals surface area contributed by atoms with Crippen molar-refractivity contribution in [2.45, 2.75) is 33.6 Å². The van der Waals surface area contributed by atoms with Gasteiger partial charge in [0.2, 0.25) is 0 Å². The summed E-state index contributed by atoms with van der Waals surface area (Å²) in [4.78, 5) is 4.39.